The molecule has 14 heteroatoms. The molecule has 216 valence electrons. The van der Waals surface area contributed by atoms with Gasteiger partial charge in [-0.1, -0.05) is 0 Å². The summed E-state index contributed by atoms with van der Waals surface area (Å²) in [5.41, 5.74) is 2.22. The van der Waals surface area contributed by atoms with Gasteiger partial charge in [0.25, 0.3) is 5.56 Å². The van der Waals surface area contributed by atoms with Gasteiger partial charge in [0.15, 0.2) is 0 Å². The normalized spacial score (nSPS) is 15.3. The molecule has 1 fully saturated rings. The van der Waals surface area contributed by atoms with Crippen molar-refractivity contribution in [1.29, 1.82) is 0 Å². The van der Waals surface area contributed by atoms with Crippen LogP contribution in [0.5, 0.6) is 0 Å². The van der Waals surface area contributed by atoms with E-state index < -0.39 is 23.3 Å². The minimum Gasteiger partial charge on any atom is -0.374 e. The Balaban J connectivity index is 0.00000337. The number of hydrogen-bond acceptors (Lipinski definition) is 7. The van der Waals surface area contributed by atoms with Crippen molar-refractivity contribution in [3.8, 4) is 11.4 Å². The topological polar surface area (TPSA) is 111 Å². The van der Waals surface area contributed by atoms with Gasteiger partial charge in [0, 0.05) is 51.3 Å². The number of nitrogens with zero attached hydrogens (tertiary/aromatic N) is 6. The van der Waals surface area contributed by atoms with E-state index in [0.717, 1.165) is 43.4 Å². The zero-order valence-corrected chi connectivity index (χ0v) is 23.7. The van der Waals surface area contributed by atoms with Gasteiger partial charge < -0.3 is 25.1 Å². The first-order valence-electron chi connectivity index (χ1n) is 12.9. The molecule has 5 aromatic rings. The molecule has 1 atom stereocenters. The molecule has 0 amide bonds. The predicted octanol–water partition coefficient (Wildman–Crippen LogP) is 4.26. The average Bonchev–Trinajstić information content (AvgIpc) is 3.50. The molecule has 1 aliphatic heterocycles. The predicted molar refractivity (Wildman–Crippen MR) is 158 cm³/mol. The number of hydrogen-bond donors (Lipinski definition) is 3. The van der Waals surface area contributed by atoms with Crippen LogP contribution in [-0.2, 0) is 13.2 Å². The maximum absolute atomic E-state index is 13.8. The second-order valence-corrected chi connectivity index (χ2v) is 10.1. The molecule has 1 aliphatic rings. The summed E-state index contributed by atoms with van der Waals surface area (Å²) in [6.45, 7) is 5.30. The first-order valence-corrected chi connectivity index (χ1v) is 12.9. The van der Waals surface area contributed by atoms with Crippen molar-refractivity contribution < 1.29 is 13.2 Å². The highest BCUT2D eigenvalue weighted by atomic mass is 32.1. The van der Waals surface area contributed by atoms with E-state index in [1.807, 2.05) is 18.2 Å². The van der Waals surface area contributed by atoms with Gasteiger partial charge in [-0.3, -0.25) is 14.5 Å². The zero-order chi connectivity index (χ0) is 28.2. The van der Waals surface area contributed by atoms with Crippen molar-refractivity contribution in [3.63, 3.8) is 0 Å². The van der Waals surface area contributed by atoms with Crippen molar-refractivity contribution in [2.45, 2.75) is 19.1 Å². The summed E-state index contributed by atoms with van der Waals surface area (Å²) in [5.74, 6) is 0.283. The van der Waals surface area contributed by atoms with Gasteiger partial charge >= 0.3 is 6.18 Å². The van der Waals surface area contributed by atoms with Crippen LogP contribution in [0.25, 0.3) is 33.5 Å². The van der Waals surface area contributed by atoms with Crippen molar-refractivity contribution in [3.05, 3.63) is 64.3 Å². The van der Waals surface area contributed by atoms with Gasteiger partial charge in [0.1, 0.15) is 16.9 Å². The fourth-order valence-corrected chi connectivity index (χ4v) is 5.21. The lowest BCUT2D eigenvalue weighted by Crippen LogP contribution is -2.44. The van der Waals surface area contributed by atoms with E-state index in [2.05, 4.69) is 47.2 Å². The molecule has 1 saturated heterocycles. The van der Waals surface area contributed by atoms with Crippen molar-refractivity contribution in [1.82, 2.24) is 34.6 Å². The van der Waals surface area contributed by atoms with E-state index in [9.17, 15) is 18.0 Å². The average molecular weight is 586 g/mol. The molecule has 0 spiro atoms. The minimum absolute atomic E-state index is 0. The number of alkyl halides is 3. The number of aromatic nitrogens is 6. The van der Waals surface area contributed by atoms with Gasteiger partial charge in [-0.05, 0) is 44.3 Å². The van der Waals surface area contributed by atoms with Crippen LogP contribution < -0.4 is 15.8 Å². The van der Waals surface area contributed by atoms with E-state index in [-0.39, 0.29) is 36.3 Å². The number of H-pyrrole nitrogens is 2. The summed E-state index contributed by atoms with van der Waals surface area (Å²) < 4.78 is 42.8. The fourth-order valence-electron chi connectivity index (χ4n) is 5.21. The number of nitrogens with one attached hydrogen (secondary N) is 3. The lowest BCUT2D eigenvalue weighted by atomic mass is 10.1. The smallest absolute Gasteiger partial charge is 0.374 e. The van der Waals surface area contributed by atoms with Crippen LogP contribution in [0.4, 0.5) is 24.5 Å². The SMILES string of the molecule is C[C@H](Nc1c(-c2nc3ccc(N4CCN(C)CC4)cc3[nH]2)c(=O)[nH]c2cn(C)nc12)c1ncccc1C(F)(F)F.S. The lowest BCUT2D eigenvalue weighted by molar-refractivity contribution is -0.138. The third-order valence-electron chi connectivity index (χ3n) is 7.28. The molecule has 41 heavy (non-hydrogen) atoms. The number of piperazine rings is 1. The number of fused-ring (bicyclic) bond motifs is 2. The fraction of sp³-hybridized carbons (Fsp3) is 0.333. The summed E-state index contributed by atoms with van der Waals surface area (Å²) >= 11 is 0. The van der Waals surface area contributed by atoms with E-state index in [1.165, 1.54) is 16.9 Å². The van der Waals surface area contributed by atoms with Crippen LogP contribution in [0.1, 0.15) is 24.2 Å². The molecule has 4 aromatic heterocycles. The molecule has 0 saturated carbocycles. The number of anilines is 2. The maximum atomic E-state index is 13.8. The molecule has 0 radical (unpaired) electrons. The molecule has 5 heterocycles. The maximum Gasteiger partial charge on any atom is 0.418 e. The highest BCUT2D eigenvalue weighted by Crippen LogP contribution is 2.37. The molecule has 0 aliphatic carbocycles. The lowest BCUT2D eigenvalue weighted by Gasteiger charge is -2.34. The van der Waals surface area contributed by atoms with Crippen LogP contribution in [0.15, 0.2) is 47.5 Å². The van der Waals surface area contributed by atoms with Crippen LogP contribution in [-0.4, -0.2) is 67.8 Å². The third-order valence-corrected chi connectivity index (χ3v) is 7.28. The highest BCUT2D eigenvalue weighted by Gasteiger charge is 2.35. The summed E-state index contributed by atoms with van der Waals surface area (Å²) in [6.07, 6.45) is -1.63. The Morgan fingerprint density at radius 3 is 2.54 bits per heavy atom. The number of imidazole rings is 1. The van der Waals surface area contributed by atoms with Crippen LogP contribution in [0.3, 0.4) is 0 Å². The van der Waals surface area contributed by atoms with E-state index in [4.69, 9.17) is 0 Å². The Labute approximate surface area is 240 Å². The van der Waals surface area contributed by atoms with Crippen molar-refractivity contribution in [2.24, 2.45) is 7.05 Å². The highest BCUT2D eigenvalue weighted by molar-refractivity contribution is 7.59. The van der Waals surface area contributed by atoms with Gasteiger partial charge in [0.2, 0.25) is 0 Å². The number of aromatic amines is 2. The van der Waals surface area contributed by atoms with Crippen molar-refractivity contribution in [2.75, 3.05) is 43.4 Å². The summed E-state index contributed by atoms with van der Waals surface area (Å²) in [6, 6.07) is 7.24. The summed E-state index contributed by atoms with van der Waals surface area (Å²) in [5, 5.41) is 7.60. The van der Waals surface area contributed by atoms with Crippen LogP contribution >= 0.6 is 13.5 Å². The molecule has 3 N–H and O–H groups in total. The van der Waals surface area contributed by atoms with Crippen LogP contribution in [0, 0.1) is 0 Å². The minimum atomic E-state index is -4.59. The summed E-state index contributed by atoms with van der Waals surface area (Å²) in [7, 11) is 3.80. The van der Waals surface area contributed by atoms with Gasteiger partial charge in [0.05, 0.1) is 39.5 Å². The monoisotopic (exact) mass is 585 g/mol. The first kappa shape index (κ1) is 28.5. The molecule has 0 bridgehead atoms. The molecule has 10 nitrogen and oxygen atoms in total. The molecule has 0 unspecified atom stereocenters. The zero-order valence-electron chi connectivity index (χ0n) is 22.7. The second-order valence-electron chi connectivity index (χ2n) is 10.1. The number of halogens is 3. The molecular weight excluding hydrogens is 555 g/mol. The largest absolute Gasteiger partial charge is 0.418 e. The number of benzene rings is 1. The Hall–Kier alpha value is -4.04. The quantitative estimate of drug-likeness (QED) is 0.283. The Bertz CT molecular complexity index is 1770. The summed E-state index contributed by atoms with van der Waals surface area (Å²) in [4.78, 5) is 32.8. The standard InChI is InChI=1S/C27H28F3N9O.H2S/c1-15(22-17(27(28,29)30)5-4-8-31-22)32-24-21(26(40)35-20-14-38(3)36-23(20)24)25-33-18-7-6-16(13-19(18)34-25)39-11-9-37(2)10-12-39;/h4-8,13-15,32H,9-12H2,1-3H3,(H,33,34)(H,35,40);1H2/t15-;/m0./s1. The Kier molecular flexibility index (Phi) is 7.46. The van der Waals surface area contributed by atoms with E-state index in [1.54, 1.807) is 20.2 Å². The Morgan fingerprint density at radius 2 is 1.80 bits per heavy atom. The molecule has 1 aromatic carbocycles. The Morgan fingerprint density at radius 1 is 1.05 bits per heavy atom. The van der Waals surface area contributed by atoms with E-state index in [0.29, 0.717) is 16.6 Å². The first-order chi connectivity index (χ1) is 19.1. The molecular formula is C27H30F3N9OS. The van der Waals surface area contributed by atoms with E-state index >= 15 is 0 Å². The second kappa shape index (κ2) is 10.7. The number of likely N-dealkylation sites (N-methyl/N-ethyl adjacent to an activating group) is 1. The van der Waals surface area contributed by atoms with Gasteiger partial charge in [-0.15, -0.1) is 0 Å². The van der Waals surface area contributed by atoms with Crippen LogP contribution in [0.2, 0.25) is 0 Å². The molecule has 6 rings (SSSR count). The van der Waals surface area contributed by atoms with Gasteiger partial charge in [-0.2, -0.15) is 31.8 Å². The van der Waals surface area contributed by atoms with Crippen molar-refractivity contribution >= 4 is 46.9 Å². The third kappa shape index (κ3) is 5.36. The number of rotatable bonds is 5. The van der Waals surface area contributed by atoms with Gasteiger partial charge in [-0.25, -0.2) is 4.98 Å². The number of aryl methyl sites for hydroxylation is 1. The number of pyridine rings is 2.